The minimum atomic E-state index is -0.500. The van der Waals surface area contributed by atoms with Crippen molar-refractivity contribution in [3.63, 3.8) is 0 Å². The Bertz CT molecular complexity index is 1130. The molecular formula is C23H26ClFN2O3. The Balaban J connectivity index is 2.24. The molecular weight excluding hydrogens is 407 g/mol. The fraction of sp³-hybridized carbons (Fsp3) is 0.391. The Morgan fingerprint density at radius 2 is 2.07 bits per heavy atom. The van der Waals surface area contributed by atoms with Crippen molar-refractivity contribution in [2.24, 2.45) is 5.92 Å². The summed E-state index contributed by atoms with van der Waals surface area (Å²) in [6, 6.07) is 6.28. The second-order valence-corrected chi connectivity index (χ2v) is 8.01. The van der Waals surface area contributed by atoms with E-state index >= 15 is 0 Å². The van der Waals surface area contributed by atoms with Gasteiger partial charge in [0, 0.05) is 23.7 Å². The van der Waals surface area contributed by atoms with Crippen molar-refractivity contribution >= 4 is 22.6 Å². The predicted octanol–water partition coefficient (Wildman–Crippen LogP) is 4.68. The SMILES string of the molecule is CCC(C)[C@@H](CO)n1cc(C)c(=O)c2cc(Cc3cccc(Cl)c3F)c(OC)nc21. The number of aliphatic hydroxyl groups is 1. The van der Waals surface area contributed by atoms with Gasteiger partial charge in [-0.15, -0.1) is 0 Å². The number of rotatable bonds is 7. The number of fused-ring (bicyclic) bond motifs is 1. The van der Waals surface area contributed by atoms with Crippen LogP contribution in [0.4, 0.5) is 4.39 Å². The molecule has 0 saturated heterocycles. The highest BCUT2D eigenvalue weighted by atomic mass is 35.5. The van der Waals surface area contributed by atoms with Crippen LogP contribution in [-0.4, -0.2) is 28.4 Å². The summed E-state index contributed by atoms with van der Waals surface area (Å²) in [7, 11) is 1.49. The van der Waals surface area contributed by atoms with Gasteiger partial charge in [0.25, 0.3) is 0 Å². The number of hydrogen-bond acceptors (Lipinski definition) is 4. The second-order valence-electron chi connectivity index (χ2n) is 7.60. The fourth-order valence-corrected chi connectivity index (χ4v) is 3.89. The third kappa shape index (κ3) is 4.07. The monoisotopic (exact) mass is 432 g/mol. The number of pyridine rings is 2. The first-order chi connectivity index (χ1) is 14.3. The molecule has 0 amide bonds. The van der Waals surface area contributed by atoms with Crippen LogP contribution in [0.3, 0.4) is 0 Å². The van der Waals surface area contributed by atoms with Crippen LogP contribution in [0.15, 0.2) is 35.3 Å². The lowest BCUT2D eigenvalue weighted by molar-refractivity contribution is 0.185. The van der Waals surface area contributed by atoms with E-state index in [4.69, 9.17) is 16.3 Å². The van der Waals surface area contributed by atoms with E-state index in [0.717, 1.165) is 6.42 Å². The normalized spacial score (nSPS) is 13.4. The number of aromatic nitrogens is 2. The fourth-order valence-electron chi connectivity index (χ4n) is 3.69. The van der Waals surface area contributed by atoms with Crippen molar-refractivity contribution in [1.82, 2.24) is 9.55 Å². The number of halogens is 2. The first-order valence-corrected chi connectivity index (χ1v) is 10.3. The minimum Gasteiger partial charge on any atom is -0.481 e. The van der Waals surface area contributed by atoms with Gasteiger partial charge in [-0.1, -0.05) is 44.0 Å². The van der Waals surface area contributed by atoms with Gasteiger partial charge >= 0.3 is 0 Å². The molecule has 0 bridgehead atoms. The van der Waals surface area contributed by atoms with Crippen molar-refractivity contribution in [3.8, 4) is 5.88 Å². The summed E-state index contributed by atoms with van der Waals surface area (Å²) in [5.41, 5.74) is 1.82. The molecule has 1 N–H and O–H groups in total. The van der Waals surface area contributed by atoms with Gasteiger partial charge in [0.1, 0.15) is 11.5 Å². The maximum Gasteiger partial charge on any atom is 0.218 e. The molecule has 0 aliphatic rings. The Hall–Kier alpha value is -2.44. The molecule has 7 heteroatoms. The van der Waals surface area contributed by atoms with Crippen molar-refractivity contribution in [1.29, 1.82) is 0 Å². The number of methoxy groups -OCH3 is 1. The zero-order chi connectivity index (χ0) is 22.0. The van der Waals surface area contributed by atoms with Crippen LogP contribution in [0.1, 0.15) is 43.0 Å². The smallest absolute Gasteiger partial charge is 0.218 e. The molecule has 160 valence electrons. The van der Waals surface area contributed by atoms with Gasteiger partial charge in [0.15, 0.2) is 5.43 Å². The number of aliphatic hydroxyl groups excluding tert-OH is 1. The van der Waals surface area contributed by atoms with Crippen LogP contribution >= 0.6 is 11.6 Å². The van der Waals surface area contributed by atoms with Crippen LogP contribution < -0.4 is 10.2 Å². The average Bonchev–Trinajstić information content (AvgIpc) is 2.74. The van der Waals surface area contributed by atoms with Crippen LogP contribution in [-0.2, 0) is 6.42 Å². The number of hydrogen-bond donors (Lipinski definition) is 1. The Labute approximate surface area is 180 Å². The zero-order valence-electron chi connectivity index (χ0n) is 17.6. The highest BCUT2D eigenvalue weighted by Gasteiger charge is 2.22. The van der Waals surface area contributed by atoms with Crippen molar-refractivity contribution in [2.75, 3.05) is 13.7 Å². The van der Waals surface area contributed by atoms with Gasteiger partial charge in [0.05, 0.1) is 30.2 Å². The van der Waals surface area contributed by atoms with Gasteiger partial charge in [-0.05, 0) is 30.5 Å². The first-order valence-electron chi connectivity index (χ1n) is 9.95. The molecule has 2 heterocycles. The quantitative estimate of drug-likeness (QED) is 0.589. The standard InChI is InChI=1S/C23H26ClFN2O3/c1-5-13(2)19(12-28)27-11-14(3)21(29)17-10-16(23(30-4)26-22(17)27)9-15-7-6-8-18(24)20(15)25/h6-8,10-11,13,19,28H,5,9,12H2,1-4H3/t13?,19-/m1/s1. The summed E-state index contributed by atoms with van der Waals surface area (Å²) in [6.45, 7) is 5.76. The number of benzene rings is 1. The topological polar surface area (TPSA) is 64.4 Å². The maximum absolute atomic E-state index is 14.4. The van der Waals surface area contributed by atoms with E-state index in [1.807, 2.05) is 11.5 Å². The number of aryl methyl sites for hydroxylation is 1. The van der Waals surface area contributed by atoms with E-state index in [2.05, 4.69) is 11.9 Å². The third-order valence-electron chi connectivity index (χ3n) is 5.67. The zero-order valence-corrected chi connectivity index (χ0v) is 18.3. The molecule has 0 saturated carbocycles. The molecule has 3 aromatic rings. The summed E-state index contributed by atoms with van der Waals surface area (Å²) >= 11 is 5.91. The Morgan fingerprint density at radius 3 is 2.70 bits per heavy atom. The molecule has 0 radical (unpaired) electrons. The van der Waals surface area contributed by atoms with Gasteiger partial charge in [0.2, 0.25) is 5.88 Å². The number of ether oxygens (including phenoxy) is 1. The highest BCUT2D eigenvalue weighted by molar-refractivity contribution is 6.30. The van der Waals surface area contributed by atoms with Gasteiger partial charge in [-0.25, -0.2) is 4.39 Å². The highest BCUT2D eigenvalue weighted by Crippen LogP contribution is 2.29. The predicted molar refractivity (Wildman–Crippen MR) is 117 cm³/mol. The molecule has 1 aromatic carbocycles. The largest absolute Gasteiger partial charge is 0.481 e. The molecule has 2 atom stereocenters. The Morgan fingerprint density at radius 1 is 1.33 bits per heavy atom. The second kappa shape index (κ2) is 9.14. The Kier molecular flexibility index (Phi) is 6.78. The lowest BCUT2D eigenvalue weighted by Gasteiger charge is -2.26. The summed E-state index contributed by atoms with van der Waals surface area (Å²) in [4.78, 5) is 17.5. The van der Waals surface area contributed by atoms with Crippen molar-refractivity contribution in [3.05, 3.63) is 68.2 Å². The minimum absolute atomic E-state index is 0.0396. The summed E-state index contributed by atoms with van der Waals surface area (Å²) < 4.78 is 21.8. The van der Waals surface area contributed by atoms with Gasteiger partial charge in [-0.3, -0.25) is 4.79 Å². The van der Waals surface area contributed by atoms with Crippen LogP contribution in [0.5, 0.6) is 5.88 Å². The number of nitrogens with zero attached hydrogens (tertiary/aromatic N) is 2. The van der Waals surface area contributed by atoms with E-state index in [-0.39, 0.29) is 35.4 Å². The van der Waals surface area contributed by atoms with E-state index in [1.54, 1.807) is 31.3 Å². The summed E-state index contributed by atoms with van der Waals surface area (Å²) in [6.07, 6.45) is 2.78. The van der Waals surface area contributed by atoms with Gasteiger partial charge in [-0.2, -0.15) is 4.98 Å². The molecule has 30 heavy (non-hydrogen) atoms. The molecule has 0 aliphatic carbocycles. The summed E-state index contributed by atoms with van der Waals surface area (Å²) in [5.74, 6) is -0.0204. The van der Waals surface area contributed by atoms with Gasteiger partial charge < -0.3 is 14.4 Å². The first kappa shape index (κ1) is 22.2. The van der Waals surface area contributed by atoms with E-state index < -0.39 is 5.82 Å². The lowest BCUT2D eigenvalue weighted by Crippen LogP contribution is -2.24. The van der Waals surface area contributed by atoms with Crippen LogP contribution in [0.25, 0.3) is 11.0 Å². The molecule has 3 rings (SSSR count). The molecule has 1 unspecified atom stereocenters. The van der Waals surface area contributed by atoms with E-state index in [0.29, 0.717) is 33.6 Å². The maximum atomic E-state index is 14.4. The van der Waals surface area contributed by atoms with Crippen molar-refractivity contribution < 1.29 is 14.2 Å². The van der Waals surface area contributed by atoms with Crippen LogP contribution in [0, 0.1) is 18.7 Å². The summed E-state index contributed by atoms with van der Waals surface area (Å²) in [5, 5.41) is 10.5. The van der Waals surface area contributed by atoms with E-state index in [1.165, 1.54) is 13.2 Å². The molecule has 0 fully saturated rings. The van der Waals surface area contributed by atoms with Crippen molar-refractivity contribution in [2.45, 2.75) is 39.7 Å². The molecule has 5 nitrogen and oxygen atoms in total. The average molecular weight is 433 g/mol. The molecule has 2 aromatic heterocycles. The van der Waals surface area contributed by atoms with E-state index in [9.17, 15) is 14.3 Å². The third-order valence-corrected chi connectivity index (χ3v) is 5.96. The van der Waals surface area contributed by atoms with Crippen LogP contribution in [0.2, 0.25) is 5.02 Å². The molecule has 0 aliphatic heterocycles. The molecule has 0 spiro atoms. The lowest BCUT2D eigenvalue weighted by atomic mass is 9.98.